The predicted molar refractivity (Wildman–Crippen MR) is 119 cm³/mol. The molecule has 3 heterocycles. The van der Waals surface area contributed by atoms with Crippen LogP contribution in [0, 0.1) is 0 Å². The molecule has 1 aliphatic heterocycles. The highest BCUT2D eigenvalue weighted by atomic mass is 32.1. The smallest absolute Gasteiger partial charge is 0.261 e. The van der Waals surface area contributed by atoms with E-state index < -0.39 is 0 Å². The molecule has 1 fully saturated rings. The van der Waals surface area contributed by atoms with Crippen molar-refractivity contribution < 1.29 is 4.79 Å². The van der Waals surface area contributed by atoms with E-state index in [1.165, 1.54) is 21.9 Å². The van der Waals surface area contributed by atoms with Crippen molar-refractivity contribution in [2.24, 2.45) is 0 Å². The van der Waals surface area contributed by atoms with Gasteiger partial charge in [0.05, 0.1) is 10.9 Å². The molecule has 1 aromatic carbocycles. The topological polar surface area (TPSA) is 35.6 Å². The van der Waals surface area contributed by atoms with Gasteiger partial charge < -0.3 is 10.2 Å². The third kappa shape index (κ3) is 4.29. The summed E-state index contributed by atoms with van der Waals surface area (Å²) in [6, 6.07) is 18.9. The second-order valence-corrected chi connectivity index (χ2v) is 8.99. The molecule has 1 N–H and O–H groups in total. The van der Waals surface area contributed by atoms with E-state index in [0.29, 0.717) is 0 Å². The van der Waals surface area contributed by atoms with Gasteiger partial charge in [-0.3, -0.25) is 9.69 Å². The van der Waals surface area contributed by atoms with Gasteiger partial charge in [-0.25, -0.2) is 0 Å². The Morgan fingerprint density at radius 2 is 1.64 bits per heavy atom. The summed E-state index contributed by atoms with van der Waals surface area (Å²) in [6.07, 6.45) is 0. The summed E-state index contributed by atoms with van der Waals surface area (Å²) >= 11 is 3.26. The van der Waals surface area contributed by atoms with Gasteiger partial charge in [0.1, 0.15) is 0 Å². The van der Waals surface area contributed by atoms with Crippen LogP contribution in [0.25, 0.3) is 0 Å². The van der Waals surface area contributed by atoms with Gasteiger partial charge in [-0.15, -0.1) is 22.7 Å². The lowest BCUT2D eigenvalue weighted by Gasteiger charge is -2.42. The second kappa shape index (κ2) is 8.90. The van der Waals surface area contributed by atoms with Crippen molar-refractivity contribution in [3.8, 4) is 0 Å². The van der Waals surface area contributed by atoms with Crippen LogP contribution in [0.5, 0.6) is 0 Å². The number of rotatable bonds is 6. The lowest BCUT2D eigenvalue weighted by atomic mass is 10.0. The Morgan fingerprint density at radius 1 is 0.929 bits per heavy atom. The fraction of sp³-hybridized carbons (Fsp3) is 0.318. The molecule has 28 heavy (non-hydrogen) atoms. The largest absolute Gasteiger partial charge is 0.369 e. The van der Waals surface area contributed by atoms with E-state index in [1.54, 1.807) is 11.3 Å². The van der Waals surface area contributed by atoms with Crippen LogP contribution in [0.15, 0.2) is 65.4 Å². The first-order valence-electron chi connectivity index (χ1n) is 9.64. The van der Waals surface area contributed by atoms with Gasteiger partial charge in [0.2, 0.25) is 0 Å². The number of nitrogens with one attached hydrogen (secondary N) is 1. The zero-order valence-electron chi connectivity index (χ0n) is 16.0. The van der Waals surface area contributed by atoms with Crippen molar-refractivity contribution in [2.45, 2.75) is 19.0 Å². The monoisotopic (exact) mass is 411 g/mol. The molecule has 0 bridgehead atoms. The fourth-order valence-corrected chi connectivity index (χ4v) is 5.45. The number of amides is 1. The number of piperazine rings is 1. The minimum Gasteiger partial charge on any atom is -0.369 e. The molecule has 1 saturated heterocycles. The highest BCUT2D eigenvalue weighted by Gasteiger charge is 2.31. The summed E-state index contributed by atoms with van der Waals surface area (Å²) in [6.45, 7) is 6.09. The van der Waals surface area contributed by atoms with Gasteiger partial charge in [-0.05, 0) is 41.9 Å². The number of carbonyl (C=O) groups excluding carboxylic acids is 1. The lowest BCUT2D eigenvalue weighted by Crippen LogP contribution is -2.52. The van der Waals surface area contributed by atoms with E-state index in [9.17, 15) is 4.79 Å². The second-order valence-electron chi connectivity index (χ2n) is 7.06. The molecule has 1 amide bonds. The van der Waals surface area contributed by atoms with Gasteiger partial charge in [0, 0.05) is 42.8 Å². The average molecular weight is 412 g/mol. The quantitative estimate of drug-likeness (QED) is 0.649. The SMILES string of the molecule is C[C@@H](NC(=O)c1cccs1)[C@H](c1cccs1)N1CCN(c2ccccc2)CC1. The van der Waals surface area contributed by atoms with Crippen molar-refractivity contribution >= 4 is 34.3 Å². The summed E-state index contributed by atoms with van der Waals surface area (Å²) in [5.74, 6) is 0.0203. The highest BCUT2D eigenvalue weighted by Crippen LogP contribution is 2.30. The minimum atomic E-state index is 0.0203. The molecular weight excluding hydrogens is 386 g/mol. The van der Waals surface area contributed by atoms with E-state index in [0.717, 1.165) is 31.1 Å². The Labute approximate surface area is 174 Å². The Kier molecular flexibility index (Phi) is 6.10. The van der Waals surface area contributed by atoms with Crippen LogP contribution in [-0.4, -0.2) is 43.0 Å². The number of para-hydroxylation sites is 1. The van der Waals surface area contributed by atoms with Crippen LogP contribution < -0.4 is 10.2 Å². The molecule has 3 aromatic rings. The number of benzene rings is 1. The maximum absolute atomic E-state index is 12.6. The van der Waals surface area contributed by atoms with E-state index in [2.05, 4.69) is 69.9 Å². The first-order chi connectivity index (χ1) is 13.7. The van der Waals surface area contributed by atoms with E-state index in [-0.39, 0.29) is 18.0 Å². The van der Waals surface area contributed by atoms with Crippen molar-refractivity contribution in [3.05, 3.63) is 75.1 Å². The molecule has 6 heteroatoms. The zero-order valence-corrected chi connectivity index (χ0v) is 17.6. The summed E-state index contributed by atoms with van der Waals surface area (Å²) in [7, 11) is 0. The van der Waals surface area contributed by atoms with Gasteiger partial charge in [0.15, 0.2) is 0 Å². The first kappa shape index (κ1) is 19.2. The number of carbonyl (C=O) groups is 1. The van der Waals surface area contributed by atoms with E-state index >= 15 is 0 Å². The van der Waals surface area contributed by atoms with Gasteiger partial charge in [-0.1, -0.05) is 30.3 Å². The Hall–Kier alpha value is -2.15. The molecule has 2 aromatic heterocycles. The number of thiophene rings is 2. The fourth-order valence-electron chi connectivity index (χ4n) is 3.86. The van der Waals surface area contributed by atoms with Crippen molar-refractivity contribution in [3.63, 3.8) is 0 Å². The van der Waals surface area contributed by atoms with E-state index in [4.69, 9.17) is 0 Å². The Bertz CT molecular complexity index is 857. The molecule has 146 valence electrons. The van der Waals surface area contributed by atoms with Gasteiger partial charge in [-0.2, -0.15) is 0 Å². The van der Waals surface area contributed by atoms with Crippen LogP contribution in [0.3, 0.4) is 0 Å². The van der Waals surface area contributed by atoms with Gasteiger partial charge in [0.25, 0.3) is 5.91 Å². The molecule has 0 unspecified atom stereocenters. The number of nitrogens with zero attached hydrogens (tertiary/aromatic N) is 2. The van der Waals surface area contributed by atoms with Crippen molar-refractivity contribution in [1.82, 2.24) is 10.2 Å². The Morgan fingerprint density at radius 3 is 2.29 bits per heavy atom. The van der Waals surface area contributed by atoms with Crippen molar-refractivity contribution in [2.75, 3.05) is 31.1 Å². The van der Waals surface area contributed by atoms with Crippen LogP contribution in [0.1, 0.15) is 27.5 Å². The highest BCUT2D eigenvalue weighted by molar-refractivity contribution is 7.12. The molecule has 0 radical (unpaired) electrons. The molecule has 0 aliphatic carbocycles. The molecule has 0 saturated carbocycles. The van der Waals surface area contributed by atoms with E-state index in [1.807, 2.05) is 17.5 Å². The van der Waals surface area contributed by atoms with Crippen molar-refractivity contribution in [1.29, 1.82) is 0 Å². The summed E-state index contributed by atoms with van der Waals surface area (Å²) < 4.78 is 0. The van der Waals surface area contributed by atoms with Gasteiger partial charge >= 0.3 is 0 Å². The third-order valence-corrected chi connectivity index (χ3v) is 7.05. The summed E-state index contributed by atoms with van der Waals surface area (Å²) in [5, 5.41) is 7.30. The maximum atomic E-state index is 12.6. The number of hydrogen-bond acceptors (Lipinski definition) is 5. The zero-order chi connectivity index (χ0) is 19.3. The molecular formula is C22H25N3OS2. The van der Waals surface area contributed by atoms with Crippen LogP contribution in [0.2, 0.25) is 0 Å². The summed E-state index contributed by atoms with van der Waals surface area (Å²) in [5.41, 5.74) is 1.29. The number of anilines is 1. The third-order valence-electron chi connectivity index (χ3n) is 5.24. The molecule has 4 nitrogen and oxygen atoms in total. The summed E-state index contributed by atoms with van der Waals surface area (Å²) in [4.78, 5) is 19.6. The standard InChI is InChI=1S/C22H25N3OS2/c1-17(23-22(26)20-10-6-16-28-20)21(19-9-5-15-27-19)25-13-11-24(12-14-25)18-7-3-2-4-8-18/h2-10,15-17,21H,11-14H2,1H3,(H,23,26)/t17-,21-/m1/s1. The molecule has 0 spiro atoms. The number of hydrogen-bond donors (Lipinski definition) is 1. The van der Waals surface area contributed by atoms with Crippen LogP contribution in [0.4, 0.5) is 5.69 Å². The van der Waals surface area contributed by atoms with Crippen LogP contribution in [-0.2, 0) is 0 Å². The molecule has 2 atom stereocenters. The minimum absolute atomic E-state index is 0.0203. The normalized spacial score (nSPS) is 17.2. The maximum Gasteiger partial charge on any atom is 0.261 e. The lowest BCUT2D eigenvalue weighted by molar-refractivity contribution is 0.0894. The Balaban J connectivity index is 1.46. The predicted octanol–water partition coefficient (Wildman–Crippen LogP) is 4.49. The average Bonchev–Trinajstić information content (AvgIpc) is 3.44. The first-order valence-corrected chi connectivity index (χ1v) is 11.4. The molecule has 4 rings (SSSR count). The molecule has 1 aliphatic rings. The van der Waals surface area contributed by atoms with Crippen LogP contribution >= 0.6 is 22.7 Å².